The smallest absolute Gasteiger partial charge is 0.475 e. The van der Waals surface area contributed by atoms with Gasteiger partial charge in [-0.1, -0.05) is 12.1 Å². The van der Waals surface area contributed by atoms with E-state index in [-0.39, 0.29) is 32.6 Å². The number of methoxy groups -OCH3 is 1. The first-order chi connectivity index (χ1) is 12.8. The Morgan fingerprint density at radius 2 is 1.30 bits per heavy atom. The van der Waals surface area contributed by atoms with Crippen LogP contribution in [0.15, 0.2) is 24.3 Å². The monoisotopic (exact) mass is 424 g/mol. The highest BCUT2D eigenvalue weighted by Crippen LogP contribution is 2.58. The average Bonchev–Trinajstić information content (AvgIpc) is 2.62. The fraction of sp³-hybridized carbons (Fsp3) is 0.647. The molecule has 0 aliphatic carbocycles. The van der Waals surface area contributed by atoms with Crippen LogP contribution < -0.4 is 4.74 Å². The summed E-state index contributed by atoms with van der Waals surface area (Å²) in [6.45, 7) is 7.51. The maximum absolute atomic E-state index is 13.0. The molecule has 0 radical (unpaired) electrons. The van der Waals surface area contributed by atoms with Crippen molar-refractivity contribution in [3.05, 3.63) is 29.8 Å². The molecule has 1 aromatic rings. The second-order valence-electron chi connectivity index (χ2n) is 5.28. The Kier molecular flexibility index (Phi) is 10.8. The molecule has 0 spiro atoms. The van der Waals surface area contributed by atoms with Crippen molar-refractivity contribution in [2.75, 3.05) is 39.7 Å². The van der Waals surface area contributed by atoms with Crippen LogP contribution in [0, 0.1) is 0 Å². The normalized spacial score (nSPS) is 13.5. The maximum atomic E-state index is 13.0. The Balaban J connectivity index is 3.21. The molecule has 0 saturated heterocycles. The molecule has 0 N–H and O–H groups in total. The molecule has 0 aliphatic heterocycles. The van der Waals surface area contributed by atoms with Gasteiger partial charge < -0.3 is 13.8 Å². The van der Waals surface area contributed by atoms with Crippen molar-refractivity contribution in [3.8, 4) is 5.75 Å². The molecule has 0 fully saturated rings. The van der Waals surface area contributed by atoms with Gasteiger partial charge in [-0.3, -0.25) is 18.1 Å². The molecule has 10 heteroatoms. The Hall–Kier alpha value is -0.720. The summed E-state index contributed by atoms with van der Waals surface area (Å²) in [4.78, 5) is 0. The van der Waals surface area contributed by atoms with Crippen LogP contribution in [0.2, 0.25) is 0 Å². The molecule has 1 rings (SSSR count). The van der Waals surface area contributed by atoms with E-state index in [4.69, 9.17) is 27.4 Å². The zero-order valence-corrected chi connectivity index (χ0v) is 18.4. The first-order valence-electron chi connectivity index (χ1n) is 8.94. The Bertz CT molecular complexity index is 582. The second kappa shape index (κ2) is 12.0. The average molecular weight is 424 g/mol. The molecular formula is C17H30O8P2. The molecule has 0 aliphatic rings. The fourth-order valence-corrected chi connectivity index (χ4v) is 5.55. The minimum absolute atomic E-state index is 0.134. The molecule has 0 saturated carbocycles. The third-order valence-electron chi connectivity index (χ3n) is 3.36. The van der Waals surface area contributed by atoms with Crippen molar-refractivity contribution in [3.63, 3.8) is 0 Å². The second-order valence-corrected chi connectivity index (χ2v) is 9.00. The lowest BCUT2D eigenvalue weighted by Gasteiger charge is -2.26. The summed E-state index contributed by atoms with van der Waals surface area (Å²) in [7, 11) is -5.76. The number of phosphoric acid groups is 1. The van der Waals surface area contributed by atoms with Crippen molar-refractivity contribution in [2.45, 2.75) is 33.8 Å². The van der Waals surface area contributed by atoms with Gasteiger partial charge in [-0.2, -0.15) is 0 Å². The van der Waals surface area contributed by atoms with E-state index < -0.39 is 21.5 Å². The van der Waals surface area contributed by atoms with Gasteiger partial charge in [-0.05, 0) is 45.4 Å². The molecule has 0 bridgehead atoms. The lowest BCUT2D eigenvalue weighted by Crippen LogP contribution is -2.13. The van der Waals surface area contributed by atoms with Crippen LogP contribution in [0.5, 0.6) is 5.75 Å². The quantitative estimate of drug-likeness (QED) is 0.377. The van der Waals surface area contributed by atoms with Crippen LogP contribution in [0.1, 0.15) is 39.4 Å². The van der Waals surface area contributed by atoms with Gasteiger partial charge in [0.15, 0.2) is 0 Å². The highest BCUT2D eigenvalue weighted by atomic mass is 31.2. The zero-order valence-electron chi connectivity index (χ0n) is 16.6. The van der Waals surface area contributed by atoms with E-state index in [1.54, 1.807) is 59.1 Å². The molecule has 1 unspecified atom stereocenters. The van der Waals surface area contributed by atoms with Gasteiger partial charge in [0, 0.05) is 0 Å². The third kappa shape index (κ3) is 8.04. The number of hydrogen-bond donors (Lipinski definition) is 0. The molecular weight excluding hydrogens is 394 g/mol. The highest BCUT2D eigenvalue weighted by Gasteiger charge is 2.37. The van der Waals surface area contributed by atoms with Gasteiger partial charge in [-0.25, -0.2) is 4.57 Å². The first-order valence-corrected chi connectivity index (χ1v) is 12.1. The summed E-state index contributed by atoms with van der Waals surface area (Å²) < 4.78 is 57.9. The van der Waals surface area contributed by atoms with Crippen LogP contribution in [0.4, 0.5) is 0 Å². The van der Waals surface area contributed by atoms with Gasteiger partial charge in [0.05, 0.1) is 39.7 Å². The van der Waals surface area contributed by atoms with E-state index >= 15 is 0 Å². The Morgan fingerprint density at radius 1 is 0.815 bits per heavy atom. The predicted octanol–water partition coefficient (Wildman–Crippen LogP) is 5.20. The molecule has 27 heavy (non-hydrogen) atoms. The summed E-state index contributed by atoms with van der Waals surface area (Å²) in [5.41, 5.74) is 0.620. The molecule has 1 aromatic carbocycles. The number of benzene rings is 1. The van der Waals surface area contributed by atoms with Crippen LogP contribution >= 0.6 is 15.4 Å². The minimum atomic E-state index is -3.85. The van der Waals surface area contributed by atoms with E-state index in [0.29, 0.717) is 11.3 Å². The Morgan fingerprint density at radius 3 is 1.70 bits per heavy atom. The third-order valence-corrected chi connectivity index (χ3v) is 7.10. The van der Waals surface area contributed by atoms with Crippen molar-refractivity contribution in [1.82, 2.24) is 0 Å². The van der Waals surface area contributed by atoms with Crippen molar-refractivity contribution in [2.24, 2.45) is 0 Å². The molecule has 0 amide bonds. The van der Waals surface area contributed by atoms with Crippen molar-refractivity contribution >= 4 is 15.4 Å². The summed E-state index contributed by atoms with van der Waals surface area (Å²) in [6, 6.07) is 6.91. The van der Waals surface area contributed by atoms with Crippen LogP contribution in [-0.4, -0.2) is 39.7 Å². The van der Waals surface area contributed by atoms with Gasteiger partial charge in [-0.15, -0.1) is 0 Å². The Labute approximate surface area is 161 Å². The summed E-state index contributed by atoms with van der Waals surface area (Å²) in [5, 5.41) is 0. The molecule has 156 valence electrons. The molecule has 1 atom stereocenters. The zero-order chi connectivity index (χ0) is 20.3. The van der Waals surface area contributed by atoms with E-state index in [2.05, 4.69) is 0 Å². The number of rotatable bonds is 14. The maximum Gasteiger partial charge on any atom is 0.475 e. The highest BCUT2D eigenvalue weighted by molar-refractivity contribution is 7.54. The SMILES string of the molecule is CCOP(=O)(CC(OP(=O)(OCC)OCC)c1ccc(OC)cc1)OCC. The number of hydrogen-bond acceptors (Lipinski definition) is 8. The van der Waals surface area contributed by atoms with E-state index in [1.807, 2.05) is 0 Å². The molecule has 0 aromatic heterocycles. The summed E-state index contributed by atoms with van der Waals surface area (Å²) in [5.74, 6) is 0.646. The fourth-order valence-electron chi connectivity index (χ4n) is 2.33. The van der Waals surface area contributed by atoms with Gasteiger partial charge >= 0.3 is 15.4 Å². The van der Waals surface area contributed by atoms with Gasteiger partial charge in [0.25, 0.3) is 0 Å². The first kappa shape index (κ1) is 24.3. The van der Waals surface area contributed by atoms with Crippen LogP contribution in [0.3, 0.4) is 0 Å². The van der Waals surface area contributed by atoms with Gasteiger partial charge in [0.1, 0.15) is 11.9 Å². The van der Waals surface area contributed by atoms with E-state index in [9.17, 15) is 9.13 Å². The standard InChI is InChI=1S/C17H30O8P2/c1-6-21-26(18,22-7-2)14-17(15-10-12-16(20-5)13-11-15)25-27(19,23-8-3)24-9-4/h10-13,17H,6-9,14H2,1-5H3. The van der Waals surface area contributed by atoms with Crippen LogP contribution in [0.25, 0.3) is 0 Å². The molecule has 0 heterocycles. The van der Waals surface area contributed by atoms with E-state index in [0.717, 1.165) is 0 Å². The summed E-state index contributed by atoms with van der Waals surface area (Å²) >= 11 is 0. The predicted molar refractivity (Wildman–Crippen MR) is 103 cm³/mol. The number of ether oxygens (including phenoxy) is 1. The van der Waals surface area contributed by atoms with Crippen LogP contribution in [-0.2, 0) is 31.7 Å². The summed E-state index contributed by atoms with van der Waals surface area (Å²) in [6.07, 6.45) is -1.02. The minimum Gasteiger partial charge on any atom is -0.497 e. The topological polar surface area (TPSA) is 89.5 Å². The largest absolute Gasteiger partial charge is 0.497 e. The lowest BCUT2D eigenvalue weighted by molar-refractivity contribution is 0.0881. The van der Waals surface area contributed by atoms with E-state index in [1.165, 1.54) is 0 Å². The lowest BCUT2D eigenvalue weighted by atomic mass is 10.1. The van der Waals surface area contributed by atoms with Crippen molar-refractivity contribution in [1.29, 1.82) is 0 Å². The number of phosphoric ester groups is 1. The van der Waals surface area contributed by atoms with Gasteiger partial charge in [0.2, 0.25) is 0 Å². The molecule has 8 nitrogen and oxygen atoms in total. The van der Waals surface area contributed by atoms with Crippen molar-refractivity contribution < 1.29 is 36.5 Å².